The number of fused-ring (bicyclic) bond motifs is 1. The average molecular weight is 384 g/mol. The van der Waals surface area contributed by atoms with Crippen molar-refractivity contribution in [1.82, 2.24) is 0 Å². The monoisotopic (exact) mass is 384 g/mol. The van der Waals surface area contributed by atoms with Crippen LogP contribution < -0.4 is 23.7 Å². The van der Waals surface area contributed by atoms with Gasteiger partial charge in [0.05, 0.1) is 26.9 Å². The molecule has 7 nitrogen and oxygen atoms in total. The Morgan fingerprint density at radius 2 is 1.79 bits per heavy atom. The van der Waals surface area contributed by atoms with Crippen LogP contribution in [0.4, 0.5) is 0 Å². The lowest BCUT2D eigenvalue weighted by molar-refractivity contribution is -0.118. The summed E-state index contributed by atoms with van der Waals surface area (Å²) in [6.45, 7) is 1.39. The zero-order chi connectivity index (χ0) is 20.3. The maximum Gasteiger partial charge on any atom is 0.231 e. The van der Waals surface area contributed by atoms with E-state index in [2.05, 4.69) is 0 Å². The molecule has 0 saturated carbocycles. The number of ether oxygens (including phenoxy) is 5. The Labute approximate surface area is 162 Å². The maximum absolute atomic E-state index is 12.7. The molecular formula is C21H20O7. The van der Waals surface area contributed by atoms with Crippen molar-refractivity contribution in [2.24, 2.45) is 0 Å². The SMILES string of the molecule is COc1ccc(/C=C2\Oc3cc(OCC(C)=O)ccc3C2=O)c(OC)c1OC. The van der Waals surface area contributed by atoms with Gasteiger partial charge < -0.3 is 23.7 Å². The van der Waals surface area contributed by atoms with Gasteiger partial charge in [-0.2, -0.15) is 0 Å². The number of allylic oxidation sites excluding steroid dienone is 1. The van der Waals surface area contributed by atoms with Gasteiger partial charge in [0.25, 0.3) is 0 Å². The quantitative estimate of drug-likeness (QED) is 0.678. The van der Waals surface area contributed by atoms with Crippen LogP contribution in [0, 0.1) is 0 Å². The van der Waals surface area contributed by atoms with E-state index in [1.165, 1.54) is 28.3 Å². The molecule has 146 valence electrons. The molecule has 0 aliphatic carbocycles. The first-order valence-electron chi connectivity index (χ1n) is 8.48. The molecule has 0 aromatic heterocycles. The Hall–Kier alpha value is -3.48. The van der Waals surface area contributed by atoms with Gasteiger partial charge in [-0.25, -0.2) is 0 Å². The van der Waals surface area contributed by atoms with E-state index in [4.69, 9.17) is 23.7 Å². The molecular weight excluding hydrogens is 364 g/mol. The van der Waals surface area contributed by atoms with Gasteiger partial charge in [-0.15, -0.1) is 0 Å². The number of ketones is 2. The van der Waals surface area contributed by atoms with Gasteiger partial charge >= 0.3 is 0 Å². The second kappa shape index (κ2) is 8.04. The van der Waals surface area contributed by atoms with Crippen LogP contribution in [0.2, 0.25) is 0 Å². The molecule has 0 atom stereocenters. The Balaban J connectivity index is 1.93. The predicted octanol–water partition coefficient (Wildman–Crippen LogP) is 3.30. The summed E-state index contributed by atoms with van der Waals surface area (Å²) in [6.07, 6.45) is 1.58. The van der Waals surface area contributed by atoms with Crippen LogP contribution in [-0.4, -0.2) is 39.5 Å². The summed E-state index contributed by atoms with van der Waals surface area (Å²) in [5.74, 6) is 1.96. The van der Waals surface area contributed by atoms with Crippen molar-refractivity contribution in [3.63, 3.8) is 0 Å². The highest BCUT2D eigenvalue weighted by Gasteiger charge is 2.28. The molecule has 0 saturated heterocycles. The molecule has 7 heteroatoms. The smallest absolute Gasteiger partial charge is 0.231 e. The molecule has 0 radical (unpaired) electrons. The van der Waals surface area contributed by atoms with E-state index in [0.717, 1.165) is 0 Å². The van der Waals surface area contributed by atoms with E-state index in [1.807, 2.05) is 0 Å². The number of carbonyl (C=O) groups is 2. The summed E-state index contributed by atoms with van der Waals surface area (Å²) in [4.78, 5) is 23.7. The first kappa shape index (κ1) is 19.3. The first-order valence-corrected chi connectivity index (χ1v) is 8.48. The minimum Gasteiger partial charge on any atom is -0.493 e. The molecule has 0 bridgehead atoms. The fourth-order valence-corrected chi connectivity index (χ4v) is 2.82. The highest BCUT2D eigenvalue weighted by atomic mass is 16.5. The zero-order valence-electron chi connectivity index (χ0n) is 16.0. The summed E-state index contributed by atoms with van der Waals surface area (Å²) in [5, 5.41) is 0. The van der Waals surface area contributed by atoms with E-state index in [1.54, 1.807) is 36.4 Å². The maximum atomic E-state index is 12.7. The fraction of sp³-hybridized carbons (Fsp3) is 0.238. The van der Waals surface area contributed by atoms with Crippen molar-refractivity contribution < 1.29 is 33.3 Å². The lowest BCUT2D eigenvalue weighted by Crippen LogP contribution is -2.06. The summed E-state index contributed by atoms with van der Waals surface area (Å²) < 4.78 is 27.2. The fourth-order valence-electron chi connectivity index (χ4n) is 2.82. The lowest BCUT2D eigenvalue weighted by atomic mass is 10.1. The molecule has 0 spiro atoms. The number of carbonyl (C=O) groups excluding carboxylic acids is 2. The Morgan fingerprint density at radius 1 is 1.04 bits per heavy atom. The van der Waals surface area contributed by atoms with Crippen LogP contribution >= 0.6 is 0 Å². The van der Waals surface area contributed by atoms with Gasteiger partial charge in [0, 0.05) is 11.6 Å². The molecule has 1 aliphatic heterocycles. The van der Waals surface area contributed by atoms with E-state index in [0.29, 0.717) is 39.9 Å². The second-order valence-corrected chi connectivity index (χ2v) is 6.01. The molecule has 28 heavy (non-hydrogen) atoms. The van der Waals surface area contributed by atoms with Crippen molar-refractivity contribution >= 4 is 17.6 Å². The van der Waals surface area contributed by atoms with Gasteiger partial charge in [-0.1, -0.05) is 0 Å². The molecule has 1 heterocycles. The minimum atomic E-state index is -0.259. The largest absolute Gasteiger partial charge is 0.493 e. The van der Waals surface area contributed by atoms with Crippen molar-refractivity contribution in [3.05, 3.63) is 47.2 Å². The highest BCUT2D eigenvalue weighted by molar-refractivity contribution is 6.14. The van der Waals surface area contributed by atoms with Gasteiger partial charge in [0.1, 0.15) is 18.1 Å². The third-order valence-electron chi connectivity index (χ3n) is 4.10. The van der Waals surface area contributed by atoms with Crippen LogP contribution in [0.15, 0.2) is 36.1 Å². The molecule has 2 aromatic carbocycles. The number of hydrogen-bond acceptors (Lipinski definition) is 7. The highest BCUT2D eigenvalue weighted by Crippen LogP contribution is 2.42. The number of benzene rings is 2. The molecule has 2 aromatic rings. The normalized spacial score (nSPS) is 13.7. The lowest BCUT2D eigenvalue weighted by Gasteiger charge is -2.14. The van der Waals surface area contributed by atoms with Crippen molar-refractivity contribution in [3.8, 4) is 28.7 Å². The molecule has 1 aliphatic rings. The number of Topliss-reactive ketones (excluding diaryl/α,β-unsaturated/α-hetero) is 2. The summed E-state index contributed by atoms with van der Waals surface area (Å²) in [7, 11) is 4.54. The van der Waals surface area contributed by atoms with Gasteiger partial charge in [0.15, 0.2) is 23.0 Å². The summed E-state index contributed by atoms with van der Waals surface area (Å²) in [5.41, 5.74) is 1.02. The second-order valence-electron chi connectivity index (χ2n) is 6.01. The standard InChI is InChI=1S/C21H20O7/c1-12(22)11-27-14-6-7-15-17(10-14)28-18(19(15)23)9-13-5-8-16(24-2)21(26-4)20(13)25-3/h5-10H,11H2,1-4H3/b18-9-. The van der Waals surface area contributed by atoms with Crippen LogP contribution in [0.5, 0.6) is 28.7 Å². The Morgan fingerprint density at radius 3 is 2.43 bits per heavy atom. The summed E-state index contributed by atoms with van der Waals surface area (Å²) >= 11 is 0. The zero-order valence-corrected chi connectivity index (χ0v) is 16.0. The number of hydrogen-bond donors (Lipinski definition) is 0. The predicted molar refractivity (Wildman–Crippen MR) is 102 cm³/mol. The van der Waals surface area contributed by atoms with Crippen molar-refractivity contribution in [2.75, 3.05) is 27.9 Å². The van der Waals surface area contributed by atoms with E-state index >= 15 is 0 Å². The van der Waals surface area contributed by atoms with Crippen molar-refractivity contribution in [1.29, 1.82) is 0 Å². The topological polar surface area (TPSA) is 80.3 Å². The molecule has 0 unspecified atom stereocenters. The van der Waals surface area contributed by atoms with Crippen LogP contribution in [0.1, 0.15) is 22.8 Å². The Bertz CT molecular complexity index is 959. The Kier molecular flexibility index (Phi) is 5.54. The number of methoxy groups -OCH3 is 3. The van der Waals surface area contributed by atoms with E-state index in [9.17, 15) is 9.59 Å². The van der Waals surface area contributed by atoms with E-state index < -0.39 is 0 Å². The molecule has 0 amide bonds. The van der Waals surface area contributed by atoms with Crippen LogP contribution in [-0.2, 0) is 4.79 Å². The van der Waals surface area contributed by atoms with E-state index in [-0.39, 0.29) is 23.9 Å². The molecule has 0 N–H and O–H groups in total. The molecule has 3 rings (SSSR count). The van der Waals surface area contributed by atoms with Gasteiger partial charge in [-0.3, -0.25) is 9.59 Å². The minimum absolute atomic E-state index is 0.0434. The van der Waals surface area contributed by atoms with Gasteiger partial charge in [-0.05, 0) is 37.3 Å². The van der Waals surface area contributed by atoms with Crippen LogP contribution in [0.25, 0.3) is 6.08 Å². The third-order valence-corrected chi connectivity index (χ3v) is 4.10. The van der Waals surface area contributed by atoms with Crippen molar-refractivity contribution in [2.45, 2.75) is 6.92 Å². The molecule has 0 fully saturated rings. The number of rotatable bonds is 7. The third kappa shape index (κ3) is 3.64. The van der Waals surface area contributed by atoms with Gasteiger partial charge in [0.2, 0.25) is 11.5 Å². The van der Waals surface area contributed by atoms with Crippen LogP contribution in [0.3, 0.4) is 0 Å². The first-order chi connectivity index (χ1) is 13.5. The average Bonchev–Trinajstić information content (AvgIpc) is 3.00. The summed E-state index contributed by atoms with van der Waals surface area (Å²) in [6, 6.07) is 8.29.